The number of hydrogen-bond acceptors (Lipinski definition) is 2. The van der Waals surface area contributed by atoms with Crippen molar-refractivity contribution in [3.05, 3.63) is 174 Å². The second-order valence-electron chi connectivity index (χ2n) is 14.9. The van der Waals surface area contributed by atoms with Crippen LogP contribution >= 0.6 is 0 Å². The van der Waals surface area contributed by atoms with E-state index in [1.165, 1.54) is 44.5 Å². The summed E-state index contributed by atoms with van der Waals surface area (Å²) < 4.78 is 7.07. The third-order valence-electron chi connectivity index (χ3n) is 11.5. The van der Waals surface area contributed by atoms with Crippen molar-refractivity contribution in [1.82, 2.24) is 0 Å². The average Bonchev–Trinajstić information content (AvgIpc) is 3.73. The van der Waals surface area contributed by atoms with Crippen LogP contribution in [0, 0.1) is 0 Å². The molecule has 2 aliphatic rings. The molecule has 2 heteroatoms. The number of benzene rings is 7. The highest BCUT2D eigenvalue weighted by Crippen LogP contribution is 2.56. The van der Waals surface area contributed by atoms with Gasteiger partial charge >= 0.3 is 0 Å². The Morgan fingerprint density at radius 3 is 1.78 bits per heavy atom. The summed E-state index contributed by atoms with van der Waals surface area (Å²) in [5, 5.41) is 2.24. The molecular weight excluding hydrogens is 607 g/mol. The molecule has 50 heavy (non-hydrogen) atoms. The highest BCUT2D eigenvalue weighted by atomic mass is 16.3. The van der Waals surface area contributed by atoms with Crippen LogP contribution in [0.1, 0.15) is 49.9 Å². The Hall–Kier alpha value is -5.86. The molecule has 0 N–H and O–H groups in total. The standard InChI is InChI=1S/C48H37NO/c1-47(2)39-23-11-9-18-37(39)44-40(47)24-14-25-42(44)49(31-27-28-34-33-17-8-10-22-38(33)48(3,4)41(34)29-31)43-26-13-21-36-35-20-12-19-32(45(35)50-46(36)43)30-15-6-5-7-16-30/h5-29H,1-4H3. The van der Waals surface area contributed by atoms with E-state index in [4.69, 9.17) is 4.42 Å². The van der Waals surface area contributed by atoms with Gasteiger partial charge in [-0.2, -0.15) is 0 Å². The molecular formula is C48H37NO. The first-order valence-electron chi connectivity index (χ1n) is 17.6. The van der Waals surface area contributed by atoms with Gasteiger partial charge in [0, 0.05) is 38.4 Å². The van der Waals surface area contributed by atoms with E-state index in [0.717, 1.165) is 50.1 Å². The summed E-state index contributed by atoms with van der Waals surface area (Å²) in [4.78, 5) is 2.46. The molecule has 7 aromatic carbocycles. The Morgan fingerprint density at radius 2 is 0.980 bits per heavy atom. The Labute approximate surface area is 293 Å². The molecule has 0 saturated carbocycles. The lowest BCUT2D eigenvalue weighted by Crippen LogP contribution is -2.17. The second-order valence-corrected chi connectivity index (χ2v) is 14.9. The normalized spacial score (nSPS) is 14.7. The maximum absolute atomic E-state index is 7.07. The fourth-order valence-corrected chi connectivity index (χ4v) is 8.99. The van der Waals surface area contributed by atoms with Gasteiger partial charge in [-0.1, -0.05) is 155 Å². The summed E-state index contributed by atoms with van der Waals surface area (Å²) in [6.45, 7) is 9.42. The fraction of sp³-hybridized carbons (Fsp3) is 0.125. The summed E-state index contributed by atoms with van der Waals surface area (Å²) in [7, 11) is 0. The van der Waals surface area contributed by atoms with Gasteiger partial charge in [0.05, 0.1) is 11.4 Å². The van der Waals surface area contributed by atoms with Gasteiger partial charge in [0.1, 0.15) is 5.58 Å². The van der Waals surface area contributed by atoms with Crippen LogP contribution in [0.4, 0.5) is 17.1 Å². The fourth-order valence-electron chi connectivity index (χ4n) is 8.99. The Kier molecular flexibility index (Phi) is 6.01. The van der Waals surface area contributed by atoms with Crippen molar-refractivity contribution in [2.24, 2.45) is 0 Å². The number of para-hydroxylation sites is 2. The molecule has 240 valence electrons. The van der Waals surface area contributed by atoms with Crippen molar-refractivity contribution >= 4 is 39.0 Å². The van der Waals surface area contributed by atoms with E-state index in [1.54, 1.807) is 0 Å². The average molecular weight is 644 g/mol. The largest absolute Gasteiger partial charge is 0.453 e. The van der Waals surface area contributed by atoms with Gasteiger partial charge in [-0.3, -0.25) is 0 Å². The van der Waals surface area contributed by atoms with E-state index in [2.05, 4.69) is 184 Å². The smallest absolute Gasteiger partial charge is 0.159 e. The van der Waals surface area contributed by atoms with E-state index >= 15 is 0 Å². The minimum Gasteiger partial charge on any atom is -0.453 e. The quantitative estimate of drug-likeness (QED) is 0.190. The van der Waals surface area contributed by atoms with Crippen molar-refractivity contribution in [1.29, 1.82) is 0 Å². The first-order valence-corrected chi connectivity index (χ1v) is 17.6. The molecule has 2 nitrogen and oxygen atoms in total. The van der Waals surface area contributed by atoms with Crippen molar-refractivity contribution in [3.63, 3.8) is 0 Å². The van der Waals surface area contributed by atoms with E-state index < -0.39 is 0 Å². The topological polar surface area (TPSA) is 16.4 Å². The molecule has 8 aromatic rings. The number of hydrogen-bond donors (Lipinski definition) is 0. The maximum Gasteiger partial charge on any atom is 0.159 e. The Balaban J connectivity index is 1.28. The molecule has 10 rings (SSSR count). The lowest BCUT2D eigenvalue weighted by atomic mass is 9.82. The SMILES string of the molecule is CC1(C)c2ccccc2-c2ccc(N(c3cccc4c3-c3ccccc3C4(C)C)c3cccc4c3oc3c(-c5ccccc5)cccc34)cc21. The molecule has 0 atom stereocenters. The van der Waals surface area contributed by atoms with Gasteiger partial charge < -0.3 is 9.32 Å². The van der Waals surface area contributed by atoms with E-state index in [1.807, 2.05) is 0 Å². The first kappa shape index (κ1) is 29.1. The molecule has 0 saturated heterocycles. The highest BCUT2D eigenvalue weighted by molar-refractivity contribution is 6.14. The van der Waals surface area contributed by atoms with Gasteiger partial charge in [-0.15, -0.1) is 0 Å². The van der Waals surface area contributed by atoms with Gasteiger partial charge in [0.2, 0.25) is 0 Å². The van der Waals surface area contributed by atoms with Gasteiger partial charge in [-0.25, -0.2) is 0 Å². The van der Waals surface area contributed by atoms with Crippen LogP contribution in [0.3, 0.4) is 0 Å². The first-order chi connectivity index (χ1) is 24.3. The van der Waals surface area contributed by atoms with Gasteiger partial charge in [-0.05, 0) is 68.8 Å². The summed E-state index contributed by atoms with van der Waals surface area (Å²) >= 11 is 0. The zero-order valence-corrected chi connectivity index (χ0v) is 28.8. The predicted molar refractivity (Wildman–Crippen MR) is 209 cm³/mol. The van der Waals surface area contributed by atoms with Crippen LogP contribution in [0.15, 0.2) is 156 Å². The molecule has 1 heterocycles. The minimum atomic E-state index is -0.128. The van der Waals surface area contributed by atoms with Crippen LogP contribution < -0.4 is 4.90 Å². The molecule has 2 aliphatic carbocycles. The summed E-state index contributed by atoms with van der Waals surface area (Å²) in [6.07, 6.45) is 0. The monoisotopic (exact) mass is 643 g/mol. The number of nitrogens with zero attached hydrogens (tertiary/aromatic N) is 1. The van der Waals surface area contributed by atoms with Crippen LogP contribution in [0.2, 0.25) is 0 Å². The van der Waals surface area contributed by atoms with Gasteiger partial charge in [0.25, 0.3) is 0 Å². The molecule has 0 radical (unpaired) electrons. The molecule has 0 bridgehead atoms. The lowest BCUT2D eigenvalue weighted by molar-refractivity contribution is 0.660. The maximum atomic E-state index is 7.07. The zero-order valence-electron chi connectivity index (χ0n) is 28.8. The number of fused-ring (bicyclic) bond motifs is 9. The number of anilines is 3. The van der Waals surface area contributed by atoms with Crippen LogP contribution in [-0.2, 0) is 10.8 Å². The Bertz CT molecular complexity index is 2660. The van der Waals surface area contributed by atoms with Crippen molar-refractivity contribution < 1.29 is 4.42 Å². The predicted octanol–water partition coefficient (Wildman–Crippen LogP) is 13.3. The van der Waals surface area contributed by atoms with Crippen molar-refractivity contribution in [2.45, 2.75) is 38.5 Å². The lowest BCUT2D eigenvalue weighted by Gasteiger charge is -2.30. The number of rotatable bonds is 4. The number of furan rings is 1. The summed E-state index contributed by atoms with van der Waals surface area (Å²) in [5.74, 6) is 0. The van der Waals surface area contributed by atoms with E-state index in [9.17, 15) is 0 Å². The summed E-state index contributed by atoms with van der Waals surface area (Å²) in [6, 6.07) is 55.4. The Morgan fingerprint density at radius 1 is 0.420 bits per heavy atom. The van der Waals surface area contributed by atoms with E-state index in [0.29, 0.717) is 0 Å². The van der Waals surface area contributed by atoms with Crippen molar-refractivity contribution in [3.8, 4) is 33.4 Å². The molecule has 0 spiro atoms. The highest BCUT2D eigenvalue weighted by Gasteiger charge is 2.39. The summed E-state index contributed by atoms with van der Waals surface area (Å²) in [5.41, 5.74) is 17.8. The van der Waals surface area contributed by atoms with Crippen molar-refractivity contribution in [2.75, 3.05) is 4.90 Å². The molecule has 0 fully saturated rings. The van der Waals surface area contributed by atoms with Crippen LogP contribution in [0.25, 0.3) is 55.3 Å². The van der Waals surface area contributed by atoms with Crippen LogP contribution in [-0.4, -0.2) is 0 Å². The minimum absolute atomic E-state index is 0.120. The molecule has 0 amide bonds. The molecule has 0 aliphatic heterocycles. The van der Waals surface area contributed by atoms with E-state index in [-0.39, 0.29) is 10.8 Å². The molecule has 0 unspecified atom stereocenters. The van der Waals surface area contributed by atoms with Gasteiger partial charge in [0.15, 0.2) is 5.58 Å². The zero-order chi connectivity index (χ0) is 33.8. The third kappa shape index (κ3) is 3.91. The second kappa shape index (κ2) is 10.3. The molecule has 1 aromatic heterocycles. The van der Waals surface area contributed by atoms with Crippen LogP contribution in [0.5, 0.6) is 0 Å². The third-order valence-corrected chi connectivity index (χ3v) is 11.5.